The van der Waals surface area contributed by atoms with E-state index in [4.69, 9.17) is 9.84 Å². The molecule has 0 saturated carbocycles. The van der Waals surface area contributed by atoms with Gasteiger partial charge in [0.1, 0.15) is 10.4 Å². The molecule has 0 fully saturated rings. The van der Waals surface area contributed by atoms with Crippen molar-refractivity contribution >= 4 is 48.9 Å². The summed E-state index contributed by atoms with van der Waals surface area (Å²) in [4.78, 5) is 15.6. The van der Waals surface area contributed by atoms with Crippen molar-refractivity contribution in [3.63, 3.8) is 0 Å². The molecule has 1 aromatic carbocycles. The van der Waals surface area contributed by atoms with E-state index in [0.717, 1.165) is 20.3 Å². The molecule has 2 aromatic heterocycles. The van der Waals surface area contributed by atoms with E-state index < -0.39 is 5.97 Å². The first-order valence-corrected chi connectivity index (χ1v) is 6.42. The summed E-state index contributed by atoms with van der Waals surface area (Å²) in [5, 5.41) is 10.5. The summed E-state index contributed by atoms with van der Waals surface area (Å²) in [6, 6.07) is 5.53. The number of fused-ring (bicyclic) bond motifs is 3. The summed E-state index contributed by atoms with van der Waals surface area (Å²) in [6.45, 7) is 0. The summed E-state index contributed by atoms with van der Waals surface area (Å²) >= 11 is 2.70. The molecule has 86 valence electrons. The number of hydrogen-bond acceptors (Lipinski definition) is 5. The molecular formula is C11H7NO3S2. The molecule has 2 heterocycles. The summed E-state index contributed by atoms with van der Waals surface area (Å²) < 4.78 is 7.01. The molecule has 0 radical (unpaired) electrons. The number of thiophene rings is 1. The average Bonchev–Trinajstić information content (AvgIpc) is 2.91. The number of aromatic carboxylic acids is 1. The highest BCUT2D eigenvalue weighted by Gasteiger charge is 2.13. The number of carboxylic acids is 1. The van der Waals surface area contributed by atoms with Gasteiger partial charge < -0.3 is 9.84 Å². The van der Waals surface area contributed by atoms with Gasteiger partial charge in [-0.15, -0.1) is 11.3 Å². The summed E-state index contributed by atoms with van der Waals surface area (Å²) in [5.74, 6) is -0.901. The topological polar surface area (TPSA) is 59.4 Å². The van der Waals surface area contributed by atoms with Crippen molar-refractivity contribution < 1.29 is 14.6 Å². The second kappa shape index (κ2) is 3.68. The first-order chi connectivity index (χ1) is 8.19. The molecular weight excluding hydrogens is 258 g/mol. The fraction of sp³-hybridized carbons (Fsp3) is 0.0909. The van der Waals surface area contributed by atoms with Crippen LogP contribution in [-0.2, 0) is 0 Å². The summed E-state index contributed by atoms with van der Waals surface area (Å²) in [7, 11) is 1.58. The largest absolute Gasteiger partial charge is 0.477 e. The van der Waals surface area contributed by atoms with Gasteiger partial charge in [-0.2, -0.15) is 0 Å². The molecule has 4 nitrogen and oxygen atoms in total. The molecule has 17 heavy (non-hydrogen) atoms. The first-order valence-electron chi connectivity index (χ1n) is 4.79. The van der Waals surface area contributed by atoms with Crippen LogP contribution < -0.4 is 4.74 Å². The van der Waals surface area contributed by atoms with Gasteiger partial charge in [0.05, 0.1) is 16.5 Å². The Morgan fingerprint density at radius 2 is 2.24 bits per heavy atom. The van der Waals surface area contributed by atoms with Crippen molar-refractivity contribution in [3.8, 4) is 5.19 Å². The smallest absolute Gasteiger partial charge is 0.345 e. The zero-order chi connectivity index (χ0) is 12.0. The molecule has 1 N–H and O–H groups in total. The van der Waals surface area contributed by atoms with Gasteiger partial charge in [0.15, 0.2) is 0 Å². The molecule has 0 aliphatic heterocycles. The Balaban J connectivity index is 2.37. The van der Waals surface area contributed by atoms with E-state index in [0.29, 0.717) is 10.1 Å². The Morgan fingerprint density at radius 1 is 1.41 bits per heavy atom. The second-order valence-corrected chi connectivity index (χ2v) is 5.48. The van der Waals surface area contributed by atoms with E-state index in [1.165, 1.54) is 22.7 Å². The van der Waals surface area contributed by atoms with E-state index in [1.807, 2.05) is 12.1 Å². The van der Waals surface area contributed by atoms with E-state index in [1.54, 1.807) is 13.2 Å². The maximum absolute atomic E-state index is 10.9. The zero-order valence-electron chi connectivity index (χ0n) is 8.76. The van der Waals surface area contributed by atoms with E-state index in [2.05, 4.69) is 4.98 Å². The minimum atomic E-state index is -0.901. The minimum absolute atomic E-state index is 0.333. The van der Waals surface area contributed by atoms with E-state index in [9.17, 15) is 4.79 Å². The Morgan fingerprint density at radius 3 is 2.94 bits per heavy atom. The Bertz CT molecular complexity index is 729. The Kier molecular flexibility index (Phi) is 2.27. The number of carbonyl (C=O) groups is 1. The predicted molar refractivity (Wildman–Crippen MR) is 68.5 cm³/mol. The molecule has 0 spiro atoms. The van der Waals surface area contributed by atoms with Gasteiger partial charge in [-0.3, -0.25) is 0 Å². The maximum atomic E-state index is 10.9. The lowest BCUT2D eigenvalue weighted by atomic mass is 10.2. The third kappa shape index (κ3) is 1.57. The highest BCUT2D eigenvalue weighted by molar-refractivity contribution is 7.24. The number of carboxylic acid groups (broad SMARTS) is 1. The Labute approximate surface area is 104 Å². The van der Waals surface area contributed by atoms with Crippen molar-refractivity contribution in [2.24, 2.45) is 0 Å². The Hall–Kier alpha value is -1.66. The third-order valence-electron chi connectivity index (χ3n) is 2.41. The van der Waals surface area contributed by atoms with Crippen molar-refractivity contribution in [2.45, 2.75) is 0 Å². The number of benzene rings is 1. The van der Waals surface area contributed by atoms with Crippen molar-refractivity contribution in [3.05, 3.63) is 23.1 Å². The third-order valence-corrected chi connectivity index (χ3v) is 4.54. The standard InChI is InChI=1S/C11H7NO3S2/c1-15-11-12-8-6(17-11)3-2-5-4-7(10(13)14)16-9(5)8/h2-4H,1H3,(H,13,14). The fourth-order valence-corrected chi connectivity index (χ4v) is 3.50. The number of ether oxygens (including phenoxy) is 1. The molecule has 3 rings (SSSR count). The van der Waals surface area contributed by atoms with Crippen LogP contribution >= 0.6 is 22.7 Å². The van der Waals surface area contributed by atoms with Crippen molar-refractivity contribution in [1.82, 2.24) is 4.98 Å². The molecule has 0 amide bonds. The van der Waals surface area contributed by atoms with Crippen LogP contribution in [0.5, 0.6) is 5.19 Å². The predicted octanol–water partition coefficient (Wildman–Crippen LogP) is 3.22. The number of thiazole rings is 1. The second-order valence-electron chi connectivity index (χ2n) is 3.43. The molecule has 0 aliphatic carbocycles. The van der Waals surface area contributed by atoms with Crippen LogP contribution in [0, 0.1) is 0 Å². The fourth-order valence-electron chi connectivity index (χ4n) is 1.66. The van der Waals surface area contributed by atoms with Crippen LogP contribution in [-0.4, -0.2) is 23.2 Å². The van der Waals surface area contributed by atoms with Gasteiger partial charge in [-0.25, -0.2) is 9.78 Å². The average molecular weight is 265 g/mol. The monoisotopic (exact) mass is 265 g/mol. The van der Waals surface area contributed by atoms with Gasteiger partial charge in [0.25, 0.3) is 5.19 Å². The quantitative estimate of drug-likeness (QED) is 0.773. The van der Waals surface area contributed by atoms with Crippen LogP contribution in [0.1, 0.15) is 9.67 Å². The molecule has 0 atom stereocenters. The maximum Gasteiger partial charge on any atom is 0.345 e. The highest BCUT2D eigenvalue weighted by Crippen LogP contribution is 2.36. The van der Waals surface area contributed by atoms with E-state index in [-0.39, 0.29) is 0 Å². The molecule has 0 bridgehead atoms. The van der Waals surface area contributed by atoms with Gasteiger partial charge in [0, 0.05) is 0 Å². The van der Waals surface area contributed by atoms with Crippen LogP contribution in [0.2, 0.25) is 0 Å². The SMILES string of the molecule is COc1nc2c(ccc3cc(C(=O)O)sc32)s1. The van der Waals surface area contributed by atoms with E-state index >= 15 is 0 Å². The van der Waals surface area contributed by atoms with Gasteiger partial charge in [-0.1, -0.05) is 17.4 Å². The lowest BCUT2D eigenvalue weighted by molar-refractivity contribution is 0.0702. The molecule has 3 aromatic rings. The van der Waals surface area contributed by atoms with Crippen molar-refractivity contribution in [1.29, 1.82) is 0 Å². The van der Waals surface area contributed by atoms with Crippen LogP contribution in [0.25, 0.3) is 20.3 Å². The zero-order valence-corrected chi connectivity index (χ0v) is 10.4. The number of rotatable bonds is 2. The molecule has 0 saturated heterocycles. The van der Waals surface area contributed by atoms with Crippen LogP contribution in [0.4, 0.5) is 0 Å². The lowest BCUT2D eigenvalue weighted by Gasteiger charge is -1.88. The number of nitrogens with zero attached hydrogens (tertiary/aromatic N) is 1. The normalized spacial score (nSPS) is 11.1. The number of methoxy groups -OCH3 is 1. The van der Waals surface area contributed by atoms with Crippen LogP contribution in [0.15, 0.2) is 18.2 Å². The highest BCUT2D eigenvalue weighted by atomic mass is 32.1. The summed E-state index contributed by atoms with van der Waals surface area (Å²) in [5.41, 5.74) is 0.821. The van der Waals surface area contributed by atoms with Crippen LogP contribution in [0.3, 0.4) is 0 Å². The molecule has 0 aliphatic rings. The lowest BCUT2D eigenvalue weighted by Crippen LogP contribution is -1.89. The molecule has 0 unspecified atom stereocenters. The first kappa shape index (κ1) is 10.5. The number of aromatic nitrogens is 1. The van der Waals surface area contributed by atoms with Gasteiger partial charge >= 0.3 is 5.97 Å². The van der Waals surface area contributed by atoms with Crippen molar-refractivity contribution in [2.75, 3.05) is 7.11 Å². The summed E-state index contributed by atoms with van der Waals surface area (Å²) in [6.07, 6.45) is 0. The van der Waals surface area contributed by atoms with Gasteiger partial charge in [0.2, 0.25) is 0 Å². The van der Waals surface area contributed by atoms with Gasteiger partial charge in [-0.05, 0) is 17.5 Å². The number of hydrogen-bond donors (Lipinski definition) is 1. The molecule has 6 heteroatoms. The minimum Gasteiger partial charge on any atom is -0.477 e.